The molecule has 0 heterocycles. The first kappa shape index (κ1) is 29.0. The van der Waals surface area contributed by atoms with E-state index in [1.165, 1.54) is 60.8 Å². The number of rotatable bonds is 7. The maximum absolute atomic E-state index is 12.8. The first-order chi connectivity index (χ1) is 19.7. The molecule has 0 aliphatic carbocycles. The highest BCUT2D eigenvalue weighted by Gasteiger charge is 2.16. The summed E-state index contributed by atoms with van der Waals surface area (Å²) in [6, 6.07) is 23.2. The lowest BCUT2D eigenvalue weighted by Gasteiger charge is -2.11. The molecule has 0 saturated carbocycles. The minimum atomic E-state index is -1.02. The predicted octanol–water partition coefficient (Wildman–Crippen LogP) is 5.83. The number of hydrazone groups is 1. The fraction of sp³-hybridized carbons (Fsp3) is 0.0333. The zero-order valence-corrected chi connectivity index (χ0v) is 22.9. The summed E-state index contributed by atoms with van der Waals surface area (Å²) < 4.78 is 11.0. The molecule has 4 rings (SSSR count). The Labute approximate surface area is 244 Å². The van der Waals surface area contributed by atoms with Crippen molar-refractivity contribution in [2.75, 3.05) is 5.32 Å². The average molecular weight is 590 g/mol. The van der Waals surface area contributed by atoms with Crippen LogP contribution in [-0.2, 0) is 9.59 Å². The molecular weight excluding hydrogens is 569 g/mol. The Morgan fingerprint density at radius 3 is 1.85 bits per heavy atom. The van der Waals surface area contributed by atoms with Crippen LogP contribution in [0.4, 0.5) is 5.69 Å². The second-order valence-corrected chi connectivity index (χ2v) is 9.38. The number of ether oxygens (including phenoxy) is 2. The normalized spacial score (nSPS) is 10.6. The van der Waals surface area contributed by atoms with Crippen molar-refractivity contribution in [3.63, 3.8) is 0 Å². The van der Waals surface area contributed by atoms with Gasteiger partial charge in [-0.05, 0) is 79.7 Å². The van der Waals surface area contributed by atoms with Crippen molar-refractivity contribution in [3.05, 3.63) is 123 Å². The number of nitrogens with zero attached hydrogens (tertiary/aromatic N) is 1. The molecule has 11 heteroatoms. The molecule has 2 N–H and O–H groups in total. The number of aryl methyl sites for hydroxylation is 1. The molecule has 0 aliphatic rings. The zero-order chi connectivity index (χ0) is 29.4. The summed E-state index contributed by atoms with van der Waals surface area (Å²) in [5, 5.41) is 7.16. The van der Waals surface area contributed by atoms with E-state index < -0.39 is 23.8 Å². The number of carbonyl (C=O) groups excluding carboxylic acids is 4. The van der Waals surface area contributed by atoms with E-state index in [2.05, 4.69) is 15.8 Å². The van der Waals surface area contributed by atoms with Crippen LogP contribution < -0.4 is 20.2 Å². The molecule has 0 fully saturated rings. The van der Waals surface area contributed by atoms with Gasteiger partial charge in [-0.3, -0.25) is 9.59 Å². The van der Waals surface area contributed by atoms with Gasteiger partial charge in [0.25, 0.3) is 0 Å². The Morgan fingerprint density at radius 2 is 1.27 bits per heavy atom. The van der Waals surface area contributed by atoms with Gasteiger partial charge in [0.05, 0.1) is 17.3 Å². The van der Waals surface area contributed by atoms with Crippen LogP contribution in [0.15, 0.2) is 96.1 Å². The number of anilines is 1. The molecule has 0 aromatic heterocycles. The van der Waals surface area contributed by atoms with Gasteiger partial charge in [0.1, 0.15) is 11.5 Å². The Kier molecular flexibility index (Phi) is 9.47. The van der Waals surface area contributed by atoms with Crippen molar-refractivity contribution >= 4 is 58.9 Å². The molecule has 4 aromatic carbocycles. The van der Waals surface area contributed by atoms with Crippen LogP contribution in [0.25, 0.3) is 0 Å². The first-order valence-electron chi connectivity index (χ1n) is 12.0. The van der Waals surface area contributed by atoms with E-state index >= 15 is 0 Å². The molecule has 2 amide bonds. The number of nitrogens with one attached hydrogen (secondary N) is 2. The Hall–Kier alpha value is -4.99. The number of halogens is 2. The summed E-state index contributed by atoms with van der Waals surface area (Å²) in [7, 11) is 0. The van der Waals surface area contributed by atoms with Crippen LogP contribution in [0.3, 0.4) is 0 Å². The second kappa shape index (κ2) is 13.4. The fourth-order valence-corrected chi connectivity index (χ4v) is 3.56. The topological polar surface area (TPSA) is 123 Å². The van der Waals surface area contributed by atoms with Crippen LogP contribution >= 0.6 is 23.2 Å². The summed E-state index contributed by atoms with van der Waals surface area (Å²) in [4.78, 5) is 49.7. The highest BCUT2D eigenvalue weighted by molar-refractivity contribution is 6.39. The summed E-state index contributed by atoms with van der Waals surface area (Å²) >= 11 is 11.8. The van der Waals surface area contributed by atoms with Gasteiger partial charge in [0.2, 0.25) is 0 Å². The average Bonchev–Trinajstić information content (AvgIpc) is 2.96. The van der Waals surface area contributed by atoms with Crippen molar-refractivity contribution < 1.29 is 28.7 Å². The molecule has 206 valence electrons. The van der Waals surface area contributed by atoms with Crippen LogP contribution in [-0.4, -0.2) is 30.0 Å². The second-order valence-electron chi connectivity index (χ2n) is 8.51. The number of hydrogen-bond acceptors (Lipinski definition) is 7. The van der Waals surface area contributed by atoms with Gasteiger partial charge in [-0.25, -0.2) is 15.0 Å². The van der Waals surface area contributed by atoms with E-state index in [0.29, 0.717) is 15.7 Å². The minimum Gasteiger partial charge on any atom is -0.423 e. The summed E-state index contributed by atoms with van der Waals surface area (Å²) in [5.41, 5.74) is 4.26. The highest BCUT2D eigenvalue weighted by Crippen LogP contribution is 2.26. The van der Waals surface area contributed by atoms with Gasteiger partial charge in [-0.2, -0.15) is 5.10 Å². The van der Waals surface area contributed by atoms with E-state index in [1.54, 1.807) is 36.4 Å². The smallest absolute Gasteiger partial charge is 0.343 e. The molecule has 4 aromatic rings. The minimum absolute atomic E-state index is 0.0338. The van der Waals surface area contributed by atoms with Crippen molar-refractivity contribution in [2.45, 2.75) is 6.92 Å². The molecule has 41 heavy (non-hydrogen) atoms. The van der Waals surface area contributed by atoms with Crippen molar-refractivity contribution in [3.8, 4) is 11.5 Å². The standard InChI is InChI=1S/C30H21Cl2N3O6/c1-18-2-13-24(14-3-18)34-27(36)28(37)35-33-17-21-8-15-25(40-29(38)19-4-9-22(31)10-5-19)16-26(21)41-30(39)20-6-11-23(32)12-7-20/h2-17H,1H3,(H,34,36)(H,35,37)/b33-17+. The Bertz CT molecular complexity index is 1620. The Balaban J connectivity index is 1.51. The summed E-state index contributed by atoms with van der Waals surface area (Å²) in [5.74, 6) is -3.29. The van der Waals surface area contributed by atoms with Crippen molar-refractivity contribution in [2.24, 2.45) is 5.10 Å². The van der Waals surface area contributed by atoms with Gasteiger partial charge < -0.3 is 14.8 Å². The number of esters is 2. The van der Waals surface area contributed by atoms with Gasteiger partial charge in [0, 0.05) is 27.4 Å². The van der Waals surface area contributed by atoms with Gasteiger partial charge >= 0.3 is 23.8 Å². The largest absolute Gasteiger partial charge is 0.423 e. The van der Waals surface area contributed by atoms with E-state index in [4.69, 9.17) is 32.7 Å². The van der Waals surface area contributed by atoms with Crippen LogP contribution in [0.1, 0.15) is 31.8 Å². The molecule has 9 nitrogen and oxygen atoms in total. The van der Waals surface area contributed by atoms with Gasteiger partial charge in [-0.15, -0.1) is 0 Å². The third kappa shape index (κ3) is 8.25. The Morgan fingerprint density at radius 1 is 0.707 bits per heavy atom. The quantitative estimate of drug-likeness (QED) is 0.0919. The monoisotopic (exact) mass is 589 g/mol. The lowest BCUT2D eigenvalue weighted by molar-refractivity contribution is -0.136. The van der Waals surface area contributed by atoms with Crippen LogP contribution in [0.5, 0.6) is 11.5 Å². The van der Waals surface area contributed by atoms with Crippen molar-refractivity contribution in [1.29, 1.82) is 0 Å². The molecule has 0 aliphatic heterocycles. The zero-order valence-electron chi connectivity index (χ0n) is 21.4. The van der Waals surface area contributed by atoms with Crippen LogP contribution in [0, 0.1) is 6.92 Å². The molecule has 0 radical (unpaired) electrons. The van der Waals surface area contributed by atoms with Crippen LogP contribution in [0.2, 0.25) is 10.0 Å². The van der Waals surface area contributed by atoms with Crippen molar-refractivity contribution in [1.82, 2.24) is 5.43 Å². The third-order valence-corrected chi connectivity index (χ3v) is 5.95. The summed E-state index contributed by atoms with van der Waals surface area (Å²) in [6.45, 7) is 1.89. The lowest BCUT2D eigenvalue weighted by atomic mass is 10.2. The van der Waals surface area contributed by atoms with Gasteiger partial charge in [-0.1, -0.05) is 40.9 Å². The number of benzene rings is 4. The fourth-order valence-electron chi connectivity index (χ4n) is 3.31. The number of hydrogen-bond donors (Lipinski definition) is 2. The number of amides is 2. The van der Waals surface area contributed by atoms with E-state index in [9.17, 15) is 19.2 Å². The summed E-state index contributed by atoms with van der Waals surface area (Å²) in [6.07, 6.45) is 1.17. The lowest BCUT2D eigenvalue weighted by Crippen LogP contribution is -2.32. The maximum Gasteiger partial charge on any atom is 0.343 e. The van der Waals surface area contributed by atoms with E-state index in [0.717, 1.165) is 5.56 Å². The SMILES string of the molecule is Cc1ccc(NC(=O)C(=O)N/N=C/c2ccc(OC(=O)c3ccc(Cl)cc3)cc2OC(=O)c2ccc(Cl)cc2)cc1. The molecule has 0 spiro atoms. The van der Waals surface area contributed by atoms with Gasteiger partial charge in [0.15, 0.2) is 0 Å². The molecule has 0 atom stereocenters. The maximum atomic E-state index is 12.8. The first-order valence-corrected chi connectivity index (χ1v) is 12.7. The van der Waals surface area contributed by atoms with E-state index in [1.807, 2.05) is 6.92 Å². The third-order valence-electron chi connectivity index (χ3n) is 5.44. The molecular formula is C30H21Cl2N3O6. The number of carbonyl (C=O) groups is 4. The molecule has 0 bridgehead atoms. The molecule has 0 saturated heterocycles. The predicted molar refractivity (Wildman–Crippen MR) is 155 cm³/mol. The molecule has 0 unspecified atom stereocenters. The van der Waals surface area contributed by atoms with E-state index in [-0.39, 0.29) is 28.2 Å². The highest BCUT2D eigenvalue weighted by atomic mass is 35.5.